The standard InChI is InChI=1S/C19H25N5O3.H2/c1-13(11-25-2)27-14-3-4-16(20)15(9-14)19(21)17-10-18(23-12-22-17)24-5-7-26-8-6-24;/h3-4,9-10,12-13,21H,5-8,11,20H2,1-2H3;1H/t13-;/m0./s1. The van der Waals surface area contributed by atoms with E-state index in [0.29, 0.717) is 42.5 Å². The van der Waals surface area contributed by atoms with Crippen molar-refractivity contribution >= 4 is 17.2 Å². The van der Waals surface area contributed by atoms with Crippen molar-refractivity contribution in [3.63, 3.8) is 0 Å². The molecule has 27 heavy (non-hydrogen) atoms. The molecule has 0 aliphatic carbocycles. The zero-order chi connectivity index (χ0) is 19.2. The van der Waals surface area contributed by atoms with Crippen LogP contribution in [0.3, 0.4) is 0 Å². The molecule has 2 heterocycles. The van der Waals surface area contributed by atoms with Crippen LogP contribution in [0.5, 0.6) is 5.75 Å². The topological polar surface area (TPSA) is 107 Å². The van der Waals surface area contributed by atoms with Crippen LogP contribution >= 0.6 is 0 Å². The van der Waals surface area contributed by atoms with Crippen LogP contribution in [-0.4, -0.2) is 61.8 Å². The highest BCUT2D eigenvalue weighted by Crippen LogP contribution is 2.24. The van der Waals surface area contributed by atoms with Gasteiger partial charge < -0.3 is 24.8 Å². The van der Waals surface area contributed by atoms with Crippen molar-refractivity contribution < 1.29 is 15.6 Å². The molecule has 0 amide bonds. The third kappa shape index (κ3) is 4.72. The molecule has 0 saturated carbocycles. The molecule has 1 fully saturated rings. The second-order valence-corrected chi connectivity index (χ2v) is 6.37. The first kappa shape index (κ1) is 19.1. The third-order valence-corrected chi connectivity index (χ3v) is 4.28. The number of nitrogen functional groups attached to an aromatic ring is 1. The minimum absolute atomic E-state index is 0. The Hall–Kier alpha value is -2.71. The molecule has 1 saturated heterocycles. The SMILES string of the molecule is COC[C@H](C)Oc1ccc(N)c(C(=N)c2cc(N3CCOCC3)ncn2)c1.[HH]. The van der Waals surface area contributed by atoms with E-state index < -0.39 is 0 Å². The first-order chi connectivity index (χ1) is 13.1. The van der Waals surface area contributed by atoms with E-state index in [-0.39, 0.29) is 13.2 Å². The van der Waals surface area contributed by atoms with Gasteiger partial charge in [0.1, 0.15) is 24.0 Å². The number of aromatic nitrogens is 2. The number of methoxy groups -OCH3 is 1. The molecule has 0 bridgehead atoms. The largest absolute Gasteiger partial charge is 0.488 e. The highest BCUT2D eigenvalue weighted by Gasteiger charge is 2.17. The number of nitrogens with zero attached hydrogens (tertiary/aromatic N) is 3. The third-order valence-electron chi connectivity index (χ3n) is 4.28. The number of hydrogen-bond acceptors (Lipinski definition) is 8. The Morgan fingerprint density at radius 1 is 1.33 bits per heavy atom. The van der Waals surface area contributed by atoms with Gasteiger partial charge in [-0.1, -0.05) is 0 Å². The first-order valence-corrected chi connectivity index (χ1v) is 8.87. The Morgan fingerprint density at radius 3 is 2.85 bits per heavy atom. The van der Waals surface area contributed by atoms with Crippen LogP contribution in [0.25, 0.3) is 0 Å². The van der Waals surface area contributed by atoms with Crippen molar-refractivity contribution in [3.05, 3.63) is 41.9 Å². The maximum Gasteiger partial charge on any atom is 0.132 e. The van der Waals surface area contributed by atoms with E-state index in [0.717, 1.165) is 18.9 Å². The lowest BCUT2D eigenvalue weighted by atomic mass is 10.0. The second-order valence-electron chi connectivity index (χ2n) is 6.37. The Labute approximate surface area is 160 Å². The van der Waals surface area contributed by atoms with E-state index in [4.69, 9.17) is 25.4 Å². The fraction of sp³-hybridized carbons (Fsp3) is 0.421. The summed E-state index contributed by atoms with van der Waals surface area (Å²) in [5, 5.41) is 8.59. The molecule has 146 valence electrons. The Balaban J connectivity index is 0.00000280. The smallest absolute Gasteiger partial charge is 0.132 e. The van der Waals surface area contributed by atoms with Crippen LogP contribution in [0.1, 0.15) is 19.6 Å². The van der Waals surface area contributed by atoms with E-state index in [1.54, 1.807) is 25.3 Å². The van der Waals surface area contributed by atoms with Gasteiger partial charge in [0, 0.05) is 38.9 Å². The van der Waals surface area contributed by atoms with Gasteiger partial charge in [0.15, 0.2) is 0 Å². The first-order valence-electron chi connectivity index (χ1n) is 8.87. The van der Waals surface area contributed by atoms with Crippen molar-refractivity contribution in [3.8, 4) is 5.75 Å². The fourth-order valence-corrected chi connectivity index (χ4v) is 2.91. The van der Waals surface area contributed by atoms with Gasteiger partial charge in [-0.15, -0.1) is 0 Å². The summed E-state index contributed by atoms with van der Waals surface area (Å²) in [5.41, 5.74) is 7.92. The maximum atomic E-state index is 8.59. The average molecular weight is 373 g/mol. The zero-order valence-electron chi connectivity index (χ0n) is 15.6. The van der Waals surface area contributed by atoms with Crippen LogP contribution in [0.4, 0.5) is 11.5 Å². The van der Waals surface area contributed by atoms with Crippen LogP contribution in [0.2, 0.25) is 0 Å². The van der Waals surface area contributed by atoms with E-state index >= 15 is 0 Å². The molecule has 0 spiro atoms. The fourth-order valence-electron chi connectivity index (χ4n) is 2.91. The van der Waals surface area contributed by atoms with Crippen LogP contribution in [-0.2, 0) is 9.47 Å². The molecule has 0 unspecified atom stereocenters. The van der Waals surface area contributed by atoms with Gasteiger partial charge in [0.05, 0.1) is 31.2 Å². The number of nitrogens with two attached hydrogens (primary N) is 1. The Bertz CT molecular complexity index is 799. The predicted molar refractivity (Wildman–Crippen MR) is 106 cm³/mol. The van der Waals surface area contributed by atoms with Crippen molar-refractivity contribution in [2.24, 2.45) is 0 Å². The van der Waals surface area contributed by atoms with Crippen LogP contribution < -0.4 is 15.4 Å². The molecule has 0 radical (unpaired) electrons. The number of benzene rings is 1. The van der Waals surface area contributed by atoms with Gasteiger partial charge in [0.2, 0.25) is 0 Å². The molecule has 1 aliphatic heterocycles. The van der Waals surface area contributed by atoms with E-state index in [2.05, 4.69) is 14.9 Å². The predicted octanol–water partition coefficient (Wildman–Crippen LogP) is 1.97. The molecule has 1 aliphatic rings. The molecule has 8 nitrogen and oxygen atoms in total. The molecule has 2 aromatic rings. The summed E-state index contributed by atoms with van der Waals surface area (Å²) in [6, 6.07) is 7.11. The molecule has 1 aromatic heterocycles. The zero-order valence-corrected chi connectivity index (χ0v) is 15.6. The number of rotatable bonds is 7. The number of hydrogen-bond donors (Lipinski definition) is 2. The molecule has 1 atom stereocenters. The van der Waals surface area contributed by atoms with E-state index in [1.807, 2.05) is 13.0 Å². The van der Waals surface area contributed by atoms with Crippen molar-refractivity contribution in [1.82, 2.24) is 9.97 Å². The van der Waals surface area contributed by atoms with Crippen LogP contribution in [0, 0.1) is 5.41 Å². The van der Waals surface area contributed by atoms with E-state index in [1.165, 1.54) is 6.33 Å². The summed E-state index contributed by atoms with van der Waals surface area (Å²) in [5.74, 6) is 1.42. The minimum atomic E-state index is -0.104. The molecule has 8 heteroatoms. The van der Waals surface area contributed by atoms with Gasteiger partial charge in [-0.05, 0) is 25.1 Å². The van der Waals surface area contributed by atoms with E-state index in [9.17, 15) is 0 Å². The summed E-state index contributed by atoms with van der Waals surface area (Å²) >= 11 is 0. The minimum Gasteiger partial charge on any atom is -0.488 e. The molecule has 3 rings (SSSR count). The Morgan fingerprint density at radius 2 is 2.11 bits per heavy atom. The summed E-state index contributed by atoms with van der Waals surface area (Å²) in [7, 11) is 1.63. The normalized spacial score (nSPS) is 15.4. The molecular weight excluding hydrogens is 346 g/mol. The molecular formula is C19H27N5O3. The van der Waals surface area contributed by atoms with Gasteiger partial charge >= 0.3 is 0 Å². The summed E-state index contributed by atoms with van der Waals surface area (Å²) < 4.78 is 16.3. The van der Waals surface area contributed by atoms with Crippen molar-refractivity contribution in [2.45, 2.75) is 13.0 Å². The molecule has 1 aromatic carbocycles. The lowest BCUT2D eigenvalue weighted by Gasteiger charge is -2.27. The van der Waals surface area contributed by atoms with Gasteiger partial charge in [-0.2, -0.15) is 0 Å². The second kappa shape index (κ2) is 8.79. The van der Waals surface area contributed by atoms with Gasteiger partial charge in [-0.25, -0.2) is 9.97 Å². The molecule has 3 N–H and O–H groups in total. The monoisotopic (exact) mass is 373 g/mol. The lowest BCUT2D eigenvalue weighted by molar-refractivity contribution is 0.0921. The highest BCUT2D eigenvalue weighted by molar-refractivity contribution is 6.13. The van der Waals surface area contributed by atoms with Crippen molar-refractivity contribution in [1.29, 1.82) is 5.41 Å². The number of ether oxygens (including phenoxy) is 3. The summed E-state index contributed by atoms with van der Waals surface area (Å²) in [6.07, 6.45) is 1.37. The number of nitrogens with one attached hydrogen (secondary N) is 1. The number of morpholine rings is 1. The van der Waals surface area contributed by atoms with Gasteiger partial charge in [-0.3, -0.25) is 5.41 Å². The Kier molecular flexibility index (Phi) is 6.20. The highest BCUT2D eigenvalue weighted by atomic mass is 16.5. The number of anilines is 2. The quantitative estimate of drug-likeness (QED) is 0.564. The van der Waals surface area contributed by atoms with Gasteiger partial charge in [0.25, 0.3) is 0 Å². The maximum absolute atomic E-state index is 8.59. The average Bonchev–Trinajstić information content (AvgIpc) is 2.70. The summed E-state index contributed by atoms with van der Waals surface area (Å²) in [6.45, 7) is 5.28. The van der Waals surface area contributed by atoms with Crippen molar-refractivity contribution in [2.75, 3.05) is 50.7 Å². The van der Waals surface area contributed by atoms with Crippen LogP contribution in [0.15, 0.2) is 30.6 Å². The summed E-state index contributed by atoms with van der Waals surface area (Å²) in [4.78, 5) is 10.7. The lowest BCUT2D eigenvalue weighted by Crippen LogP contribution is -2.36.